The Kier molecular flexibility index (Phi) is 6.21. The summed E-state index contributed by atoms with van der Waals surface area (Å²) in [5, 5.41) is 10.0. The van der Waals surface area contributed by atoms with Crippen LogP contribution in [0.2, 0.25) is 5.02 Å². The predicted molar refractivity (Wildman–Crippen MR) is 124 cm³/mol. The smallest absolute Gasteiger partial charge is 0.407 e. The third-order valence-electron chi connectivity index (χ3n) is 7.88. The molecule has 4 aliphatic heterocycles. The first-order valence-corrected chi connectivity index (χ1v) is 12.4. The zero-order valence-corrected chi connectivity index (χ0v) is 19.3. The molecule has 0 aliphatic carbocycles. The van der Waals surface area contributed by atoms with Crippen molar-refractivity contribution in [3.05, 3.63) is 28.8 Å². The Morgan fingerprint density at radius 3 is 2.22 bits per heavy atom. The molecule has 32 heavy (non-hydrogen) atoms. The molecule has 0 spiro atoms. The largest absolute Gasteiger partial charge is 0.465 e. The minimum atomic E-state index is -0.794. The highest BCUT2D eigenvalue weighted by molar-refractivity contribution is 6.30. The molecule has 4 heterocycles. The van der Waals surface area contributed by atoms with Gasteiger partial charge in [-0.15, -0.1) is 0 Å². The number of rotatable bonds is 4. The van der Waals surface area contributed by atoms with Crippen molar-refractivity contribution in [2.45, 2.75) is 32.2 Å². The SMILES string of the molecule is O=C(O)N1CC2CN(Cc3ccc(Cl)cc3N3CCC(C(=O)N4CCCC4)CC3)CC2C1. The molecule has 4 fully saturated rings. The van der Waals surface area contributed by atoms with E-state index < -0.39 is 6.09 Å². The average Bonchev–Trinajstić information content (AvgIpc) is 3.51. The highest BCUT2D eigenvalue weighted by Gasteiger charge is 2.41. The average molecular weight is 461 g/mol. The lowest BCUT2D eigenvalue weighted by molar-refractivity contribution is -0.135. The number of benzene rings is 1. The second-order valence-electron chi connectivity index (χ2n) is 9.97. The fourth-order valence-electron chi connectivity index (χ4n) is 6.14. The summed E-state index contributed by atoms with van der Waals surface area (Å²) in [7, 11) is 0. The maximum Gasteiger partial charge on any atom is 0.407 e. The van der Waals surface area contributed by atoms with E-state index in [1.807, 2.05) is 6.07 Å². The van der Waals surface area contributed by atoms with Crippen LogP contribution in [0, 0.1) is 17.8 Å². The van der Waals surface area contributed by atoms with Crippen LogP contribution in [0.5, 0.6) is 0 Å². The molecule has 1 aromatic rings. The number of carbonyl (C=O) groups is 2. The van der Waals surface area contributed by atoms with Crippen LogP contribution in [0.1, 0.15) is 31.2 Å². The molecule has 1 N–H and O–H groups in total. The van der Waals surface area contributed by atoms with Gasteiger partial charge in [-0.25, -0.2) is 4.79 Å². The monoisotopic (exact) mass is 460 g/mol. The summed E-state index contributed by atoms with van der Waals surface area (Å²) in [6.45, 7) is 7.70. The van der Waals surface area contributed by atoms with Crippen LogP contribution < -0.4 is 4.90 Å². The molecular formula is C24H33ClN4O3. The van der Waals surface area contributed by atoms with Gasteiger partial charge in [-0.05, 0) is 55.2 Å². The van der Waals surface area contributed by atoms with Crippen molar-refractivity contribution < 1.29 is 14.7 Å². The first-order valence-electron chi connectivity index (χ1n) is 12.0. The first-order chi connectivity index (χ1) is 15.5. The van der Waals surface area contributed by atoms with Gasteiger partial charge in [0.15, 0.2) is 0 Å². The maximum atomic E-state index is 12.8. The second-order valence-corrected chi connectivity index (χ2v) is 10.4. The number of piperidine rings is 1. The fourth-order valence-corrected chi connectivity index (χ4v) is 6.31. The maximum absolute atomic E-state index is 12.8. The van der Waals surface area contributed by atoms with Crippen molar-refractivity contribution in [3.63, 3.8) is 0 Å². The molecule has 4 saturated heterocycles. The summed E-state index contributed by atoms with van der Waals surface area (Å²) in [4.78, 5) is 32.5. The van der Waals surface area contributed by atoms with E-state index in [2.05, 4.69) is 26.8 Å². The summed E-state index contributed by atoms with van der Waals surface area (Å²) in [5.74, 6) is 1.39. The minimum Gasteiger partial charge on any atom is -0.465 e. The highest BCUT2D eigenvalue weighted by Crippen LogP contribution is 2.35. The van der Waals surface area contributed by atoms with Gasteiger partial charge in [0.25, 0.3) is 0 Å². The summed E-state index contributed by atoms with van der Waals surface area (Å²) in [5.41, 5.74) is 2.46. The normalized spacial score (nSPS) is 26.7. The molecule has 0 radical (unpaired) electrons. The van der Waals surface area contributed by atoms with E-state index in [9.17, 15) is 14.7 Å². The van der Waals surface area contributed by atoms with Gasteiger partial charge in [0.2, 0.25) is 5.91 Å². The molecule has 2 atom stereocenters. The quantitative estimate of drug-likeness (QED) is 0.747. The zero-order chi connectivity index (χ0) is 22.2. The molecule has 7 nitrogen and oxygen atoms in total. The topological polar surface area (TPSA) is 67.3 Å². The van der Waals surface area contributed by atoms with Crippen LogP contribution in [0.3, 0.4) is 0 Å². The number of hydrogen-bond donors (Lipinski definition) is 1. The number of fused-ring (bicyclic) bond motifs is 1. The Balaban J connectivity index is 1.21. The van der Waals surface area contributed by atoms with Gasteiger partial charge in [-0.2, -0.15) is 0 Å². The van der Waals surface area contributed by atoms with Crippen LogP contribution in [0.25, 0.3) is 0 Å². The Morgan fingerprint density at radius 1 is 0.938 bits per heavy atom. The number of carboxylic acid groups (broad SMARTS) is 1. The number of amides is 2. The Labute approximate surface area is 194 Å². The molecule has 4 aliphatic rings. The van der Waals surface area contributed by atoms with E-state index >= 15 is 0 Å². The molecular weight excluding hydrogens is 428 g/mol. The third-order valence-corrected chi connectivity index (χ3v) is 8.11. The number of likely N-dealkylation sites (tertiary alicyclic amines) is 3. The lowest BCUT2D eigenvalue weighted by Crippen LogP contribution is -2.42. The standard InChI is InChI=1S/C24H33ClN4O3/c25-21-4-3-18(12-26-13-19-15-29(24(31)32)16-20(19)14-26)22(11-21)27-9-5-17(6-10-27)23(30)28-7-1-2-8-28/h3-4,11,17,19-20H,1-2,5-10,12-16H2,(H,31,32). The Bertz CT molecular complexity index is 853. The molecule has 174 valence electrons. The summed E-state index contributed by atoms with van der Waals surface area (Å²) < 4.78 is 0. The molecule has 0 saturated carbocycles. The van der Waals surface area contributed by atoms with E-state index in [0.717, 1.165) is 76.5 Å². The lowest BCUT2D eigenvalue weighted by atomic mass is 9.94. The molecule has 2 unspecified atom stereocenters. The second kappa shape index (κ2) is 9.10. The van der Waals surface area contributed by atoms with Crippen LogP contribution in [0.4, 0.5) is 10.5 Å². The molecule has 0 aromatic heterocycles. The van der Waals surface area contributed by atoms with Gasteiger partial charge in [0, 0.05) is 75.5 Å². The van der Waals surface area contributed by atoms with Crippen molar-refractivity contribution in [3.8, 4) is 0 Å². The van der Waals surface area contributed by atoms with E-state index in [1.54, 1.807) is 4.90 Å². The van der Waals surface area contributed by atoms with Crippen molar-refractivity contribution in [2.75, 3.05) is 57.3 Å². The van der Waals surface area contributed by atoms with Crippen molar-refractivity contribution in [1.82, 2.24) is 14.7 Å². The van der Waals surface area contributed by atoms with Crippen LogP contribution >= 0.6 is 11.6 Å². The Morgan fingerprint density at radius 2 is 1.59 bits per heavy atom. The third kappa shape index (κ3) is 4.42. The zero-order valence-electron chi connectivity index (χ0n) is 18.6. The number of anilines is 1. The number of nitrogens with zero attached hydrogens (tertiary/aromatic N) is 4. The molecule has 2 amide bonds. The van der Waals surface area contributed by atoms with Crippen molar-refractivity contribution in [1.29, 1.82) is 0 Å². The summed E-state index contributed by atoms with van der Waals surface area (Å²) >= 11 is 6.38. The molecule has 0 bridgehead atoms. The van der Waals surface area contributed by atoms with Gasteiger partial charge in [0.1, 0.15) is 0 Å². The van der Waals surface area contributed by atoms with Crippen molar-refractivity contribution >= 4 is 29.3 Å². The van der Waals surface area contributed by atoms with E-state index in [0.29, 0.717) is 30.8 Å². The van der Waals surface area contributed by atoms with Gasteiger partial charge in [0.05, 0.1) is 0 Å². The van der Waals surface area contributed by atoms with Crippen LogP contribution in [-0.2, 0) is 11.3 Å². The minimum absolute atomic E-state index is 0.155. The number of halogens is 1. The lowest BCUT2D eigenvalue weighted by Gasteiger charge is -2.36. The number of carbonyl (C=O) groups excluding carboxylic acids is 1. The van der Waals surface area contributed by atoms with Gasteiger partial charge < -0.3 is 19.8 Å². The van der Waals surface area contributed by atoms with Crippen molar-refractivity contribution in [2.24, 2.45) is 17.8 Å². The highest BCUT2D eigenvalue weighted by atomic mass is 35.5. The summed E-state index contributed by atoms with van der Waals surface area (Å²) in [6, 6.07) is 6.17. The van der Waals surface area contributed by atoms with Gasteiger partial charge in [-0.3, -0.25) is 9.69 Å². The fraction of sp³-hybridized carbons (Fsp3) is 0.667. The van der Waals surface area contributed by atoms with Crippen LogP contribution in [0.15, 0.2) is 18.2 Å². The molecule has 1 aromatic carbocycles. The van der Waals surface area contributed by atoms with Crippen LogP contribution in [-0.4, -0.2) is 84.2 Å². The van der Waals surface area contributed by atoms with E-state index in [4.69, 9.17) is 11.6 Å². The first kappa shape index (κ1) is 21.8. The predicted octanol–water partition coefficient (Wildman–Crippen LogP) is 3.22. The molecule has 8 heteroatoms. The molecule has 5 rings (SSSR count). The number of hydrogen-bond acceptors (Lipinski definition) is 4. The summed E-state index contributed by atoms with van der Waals surface area (Å²) in [6.07, 6.45) is 3.30. The Hall–Kier alpha value is -1.99. The van der Waals surface area contributed by atoms with E-state index in [-0.39, 0.29) is 5.92 Å². The van der Waals surface area contributed by atoms with Gasteiger partial charge >= 0.3 is 6.09 Å². The van der Waals surface area contributed by atoms with E-state index in [1.165, 1.54) is 11.3 Å². The van der Waals surface area contributed by atoms with Gasteiger partial charge in [-0.1, -0.05) is 17.7 Å².